The molecule has 4 aromatic rings. The molecule has 34 heavy (non-hydrogen) atoms. The molecule has 0 spiro atoms. The third kappa shape index (κ3) is 3.99. The molecule has 0 radical (unpaired) electrons. The van der Waals surface area contributed by atoms with Gasteiger partial charge in [0.15, 0.2) is 11.5 Å². The molecule has 1 unspecified atom stereocenters. The highest BCUT2D eigenvalue weighted by Crippen LogP contribution is 2.37. The molecule has 1 aliphatic rings. The number of benzene rings is 3. The number of nitrogens with one attached hydrogen (secondary N) is 2. The van der Waals surface area contributed by atoms with Gasteiger partial charge in [0, 0.05) is 28.7 Å². The normalized spacial score (nSPS) is 15.1. The standard InChI is InChI=1S/C27H25FN2O4/c1-32-24-14-16(25-26-20(11-12-29-25)19-5-3-4-6-22(19)30-26)9-10-23(24)34-15-18-8-7-17(13-21(18)28)27(31)33-2/h3-10,13-14,25,29-30H,11-12,15H2,1-2H3. The number of rotatable bonds is 6. The summed E-state index contributed by atoms with van der Waals surface area (Å²) in [6.07, 6.45) is 0.967. The van der Waals surface area contributed by atoms with Gasteiger partial charge in [-0.1, -0.05) is 30.3 Å². The van der Waals surface area contributed by atoms with Crippen LogP contribution >= 0.6 is 0 Å². The highest BCUT2D eigenvalue weighted by molar-refractivity contribution is 5.89. The first-order chi connectivity index (χ1) is 16.6. The topological polar surface area (TPSA) is 72.6 Å². The van der Waals surface area contributed by atoms with Crippen LogP contribution in [-0.2, 0) is 17.8 Å². The molecule has 0 saturated carbocycles. The van der Waals surface area contributed by atoms with Crippen LogP contribution in [0.5, 0.6) is 11.5 Å². The molecular weight excluding hydrogens is 435 g/mol. The van der Waals surface area contributed by atoms with Gasteiger partial charge in [-0.25, -0.2) is 9.18 Å². The van der Waals surface area contributed by atoms with Crippen LogP contribution in [0.3, 0.4) is 0 Å². The van der Waals surface area contributed by atoms with Gasteiger partial charge in [0.2, 0.25) is 0 Å². The lowest BCUT2D eigenvalue weighted by Crippen LogP contribution is -2.30. The van der Waals surface area contributed by atoms with Crippen molar-refractivity contribution in [2.75, 3.05) is 20.8 Å². The number of aromatic nitrogens is 1. The van der Waals surface area contributed by atoms with E-state index in [2.05, 4.69) is 33.2 Å². The van der Waals surface area contributed by atoms with Crippen molar-refractivity contribution in [2.45, 2.75) is 19.1 Å². The number of aromatic amines is 1. The smallest absolute Gasteiger partial charge is 0.337 e. The Labute approximate surface area is 196 Å². The van der Waals surface area contributed by atoms with E-state index in [1.165, 1.54) is 30.2 Å². The third-order valence-corrected chi connectivity index (χ3v) is 6.24. The molecule has 174 valence electrons. The van der Waals surface area contributed by atoms with Crippen molar-refractivity contribution in [3.8, 4) is 11.5 Å². The molecule has 7 heteroatoms. The molecule has 0 aliphatic carbocycles. The van der Waals surface area contributed by atoms with E-state index in [9.17, 15) is 9.18 Å². The minimum atomic E-state index is -0.585. The molecule has 6 nitrogen and oxygen atoms in total. The van der Waals surface area contributed by atoms with Gasteiger partial charge in [0.25, 0.3) is 0 Å². The summed E-state index contributed by atoms with van der Waals surface area (Å²) in [5, 5.41) is 4.85. The SMILES string of the molecule is COC(=O)c1ccc(COc2ccc(C3NCCc4c3[nH]c3ccccc43)cc2OC)c(F)c1. The largest absolute Gasteiger partial charge is 0.493 e. The number of hydrogen-bond donors (Lipinski definition) is 2. The van der Waals surface area contributed by atoms with Gasteiger partial charge >= 0.3 is 5.97 Å². The van der Waals surface area contributed by atoms with E-state index in [1.807, 2.05) is 24.3 Å². The molecule has 1 aliphatic heterocycles. The Balaban J connectivity index is 1.38. The van der Waals surface area contributed by atoms with Crippen molar-refractivity contribution >= 4 is 16.9 Å². The van der Waals surface area contributed by atoms with E-state index < -0.39 is 11.8 Å². The number of carbonyl (C=O) groups excluding carboxylic acids is 1. The first-order valence-electron chi connectivity index (χ1n) is 11.1. The van der Waals surface area contributed by atoms with Gasteiger partial charge in [-0.2, -0.15) is 0 Å². The number of H-pyrrole nitrogens is 1. The first-order valence-corrected chi connectivity index (χ1v) is 11.1. The van der Waals surface area contributed by atoms with Gasteiger partial charge in [0.1, 0.15) is 12.4 Å². The fourth-order valence-electron chi connectivity index (χ4n) is 4.51. The van der Waals surface area contributed by atoms with Crippen LogP contribution in [0.25, 0.3) is 10.9 Å². The van der Waals surface area contributed by atoms with Gasteiger partial charge in [0.05, 0.1) is 25.8 Å². The lowest BCUT2D eigenvalue weighted by atomic mass is 9.94. The van der Waals surface area contributed by atoms with Gasteiger partial charge in [-0.05, 0) is 47.9 Å². The van der Waals surface area contributed by atoms with E-state index in [4.69, 9.17) is 9.47 Å². The van der Waals surface area contributed by atoms with Crippen molar-refractivity contribution in [1.82, 2.24) is 10.3 Å². The summed E-state index contributed by atoms with van der Waals surface area (Å²) in [7, 11) is 2.84. The zero-order chi connectivity index (χ0) is 23.7. The van der Waals surface area contributed by atoms with E-state index in [1.54, 1.807) is 7.11 Å². The zero-order valence-corrected chi connectivity index (χ0v) is 19.0. The highest BCUT2D eigenvalue weighted by atomic mass is 19.1. The van der Waals surface area contributed by atoms with Crippen LogP contribution in [0.1, 0.15) is 38.8 Å². The summed E-state index contributed by atoms with van der Waals surface area (Å²) in [5.41, 5.74) is 5.16. The molecule has 1 atom stereocenters. The van der Waals surface area contributed by atoms with Crippen molar-refractivity contribution in [3.63, 3.8) is 0 Å². The van der Waals surface area contributed by atoms with E-state index >= 15 is 0 Å². The van der Waals surface area contributed by atoms with Gasteiger partial charge in [-0.3, -0.25) is 0 Å². The number of esters is 1. The Bertz CT molecular complexity index is 1360. The maximum atomic E-state index is 14.4. The summed E-state index contributed by atoms with van der Waals surface area (Å²) in [5.74, 6) is -0.0428. The van der Waals surface area contributed by atoms with Crippen LogP contribution in [0.15, 0.2) is 60.7 Å². The van der Waals surface area contributed by atoms with Crippen LogP contribution < -0.4 is 14.8 Å². The molecule has 0 saturated heterocycles. The van der Waals surface area contributed by atoms with Crippen LogP contribution in [0.4, 0.5) is 4.39 Å². The van der Waals surface area contributed by atoms with Crippen molar-refractivity contribution in [3.05, 3.63) is 94.4 Å². The maximum absolute atomic E-state index is 14.4. The Morgan fingerprint density at radius 2 is 1.91 bits per heavy atom. The fraction of sp³-hybridized carbons (Fsp3) is 0.222. The molecule has 5 rings (SSSR count). The Morgan fingerprint density at radius 3 is 2.71 bits per heavy atom. The summed E-state index contributed by atoms with van der Waals surface area (Å²) in [6, 6.07) is 18.3. The summed E-state index contributed by atoms with van der Waals surface area (Å²) in [4.78, 5) is 15.2. The minimum absolute atomic E-state index is 0.00223. The zero-order valence-electron chi connectivity index (χ0n) is 19.0. The Morgan fingerprint density at radius 1 is 1.06 bits per heavy atom. The molecular formula is C27H25FN2O4. The Kier molecular flexibility index (Phi) is 5.94. The number of halogens is 1. The van der Waals surface area contributed by atoms with Gasteiger partial charge < -0.3 is 24.5 Å². The van der Waals surface area contributed by atoms with E-state index in [0.29, 0.717) is 17.1 Å². The van der Waals surface area contributed by atoms with Crippen molar-refractivity contribution in [2.24, 2.45) is 0 Å². The number of methoxy groups -OCH3 is 2. The molecule has 2 heterocycles. The van der Waals surface area contributed by atoms with Crippen molar-refractivity contribution in [1.29, 1.82) is 0 Å². The lowest BCUT2D eigenvalue weighted by Gasteiger charge is -2.25. The molecule has 2 N–H and O–H groups in total. The predicted molar refractivity (Wildman–Crippen MR) is 127 cm³/mol. The van der Waals surface area contributed by atoms with E-state index in [0.717, 1.165) is 35.8 Å². The maximum Gasteiger partial charge on any atom is 0.337 e. The molecule has 3 aromatic carbocycles. The number of fused-ring (bicyclic) bond motifs is 3. The number of ether oxygens (including phenoxy) is 3. The van der Waals surface area contributed by atoms with E-state index in [-0.39, 0.29) is 18.2 Å². The van der Waals surface area contributed by atoms with Gasteiger partial charge in [-0.15, -0.1) is 0 Å². The highest BCUT2D eigenvalue weighted by Gasteiger charge is 2.26. The second-order valence-electron chi connectivity index (χ2n) is 8.20. The third-order valence-electron chi connectivity index (χ3n) is 6.24. The quantitative estimate of drug-likeness (QED) is 0.400. The fourth-order valence-corrected chi connectivity index (χ4v) is 4.51. The van der Waals surface area contributed by atoms with Crippen LogP contribution in [-0.4, -0.2) is 31.7 Å². The monoisotopic (exact) mass is 460 g/mol. The average molecular weight is 461 g/mol. The van der Waals surface area contributed by atoms with Crippen molar-refractivity contribution < 1.29 is 23.4 Å². The minimum Gasteiger partial charge on any atom is -0.493 e. The number of carbonyl (C=O) groups is 1. The average Bonchev–Trinajstić information content (AvgIpc) is 3.26. The van der Waals surface area contributed by atoms with Crippen LogP contribution in [0.2, 0.25) is 0 Å². The lowest BCUT2D eigenvalue weighted by molar-refractivity contribution is 0.0600. The number of para-hydroxylation sites is 1. The number of hydrogen-bond acceptors (Lipinski definition) is 5. The Hall–Kier alpha value is -3.84. The second-order valence-corrected chi connectivity index (χ2v) is 8.20. The summed E-state index contributed by atoms with van der Waals surface area (Å²) in [6.45, 7) is 0.873. The predicted octanol–water partition coefficient (Wildman–Crippen LogP) is 4.92. The second kappa shape index (κ2) is 9.19. The first kappa shape index (κ1) is 22.0. The van der Waals surface area contributed by atoms with Crippen LogP contribution in [0, 0.1) is 5.82 Å². The molecule has 0 amide bonds. The molecule has 0 bridgehead atoms. The summed E-state index contributed by atoms with van der Waals surface area (Å²) < 4.78 is 30.5. The molecule has 0 fully saturated rings. The molecule has 1 aromatic heterocycles. The summed E-state index contributed by atoms with van der Waals surface area (Å²) >= 11 is 0.